The summed E-state index contributed by atoms with van der Waals surface area (Å²) < 4.78 is 30.4. The summed E-state index contributed by atoms with van der Waals surface area (Å²) in [4.78, 5) is 10.8. The van der Waals surface area contributed by atoms with E-state index < -0.39 is 31.1 Å². The summed E-state index contributed by atoms with van der Waals surface area (Å²) in [6.45, 7) is 1.31. The fourth-order valence-corrected chi connectivity index (χ4v) is 2.36. The lowest BCUT2D eigenvalue weighted by Gasteiger charge is -2.23. The van der Waals surface area contributed by atoms with Gasteiger partial charge in [0.05, 0.1) is 13.2 Å². The second-order valence-electron chi connectivity index (χ2n) is 6.14. The van der Waals surface area contributed by atoms with Gasteiger partial charge in [-0.05, 0) is 11.1 Å². The molecule has 0 radical (unpaired) electrons. The number of benzene rings is 2. The second kappa shape index (κ2) is 11.4. The van der Waals surface area contributed by atoms with Crippen molar-refractivity contribution in [1.82, 2.24) is 0 Å². The van der Waals surface area contributed by atoms with Gasteiger partial charge < -0.3 is 19.3 Å². The second-order valence-corrected chi connectivity index (χ2v) is 6.14. The molecule has 27 heavy (non-hydrogen) atoms. The molecule has 0 bridgehead atoms. The predicted molar refractivity (Wildman–Crippen MR) is 98.4 cm³/mol. The maximum absolute atomic E-state index is 14.3. The Kier molecular flexibility index (Phi) is 8.91. The third-order valence-electron chi connectivity index (χ3n) is 3.85. The minimum absolute atomic E-state index is 0.178. The van der Waals surface area contributed by atoms with Crippen molar-refractivity contribution in [1.29, 1.82) is 0 Å². The smallest absolute Gasteiger partial charge is 0.302 e. The Bertz CT molecular complexity index is 621. The van der Waals surface area contributed by atoms with E-state index in [0.717, 1.165) is 11.1 Å². The van der Waals surface area contributed by atoms with Gasteiger partial charge in [-0.25, -0.2) is 4.39 Å². The summed E-state index contributed by atoms with van der Waals surface area (Å²) in [6, 6.07) is 18.9. The molecule has 0 saturated heterocycles. The lowest BCUT2D eigenvalue weighted by molar-refractivity contribution is -0.174. The molecule has 0 aliphatic heterocycles. The monoisotopic (exact) mass is 376 g/mol. The van der Waals surface area contributed by atoms with Gasteiger partial charge in [0, 0.05) is 13.3 Å². The number of aliphatic hydroxyl groups is 1. The van der Waals surface area contributed by atoms with Crippen LogP contribution in [0.4, 0.5) is 4.39 Å². The largest absolute Gasteiger partial charge is 0.463 e. The fraction of sp³-hybridized carbons (Fsp3) is 0.381. The van der Waals surface area contributed by atoms with E-state index in [2.05, 4.69) is 4.74 Å². The number of rotatable bonds is 11. The Morgan fingerprint density at radius 3 is 1.89 bits per heavy atom. The highest BCUT2D eigenvalue weighted by atomic mass is 19.1. The summed E-state index contributed by atoms with van der Waals surface area (Å²) in [6.07, 6.45) is -4.12. The SMILES string of the molecule is CC(=O)OC[C@@H](O)[C@@H](F)CC(OCc1ccccc1)OCc1ccccc1. The van der Waals surface area contributed by atoms with Gasteiger partial charge in [-0.15, -0.1) is 0 Å². The lowest BCUT2D eigenvalue weighted by Crippen LogP contribution is -2.33. The highest BCUT2D eigenvalue weighted by molar-refractivity contribution is 5.65. The Morgan fingerprint density at radius 1 is 0.963 bits per heavy atom. The minimum Gasteiger partial charge on any atom is -0.463 e. The van der Waals surface area contributed by atoms with E-state index in [0.29, 0.717) is 0 Å². The van der Waals surface area contributed by atoms with Crippen molar-refractivity contribution in [3.8, 4) is 0 Å². The van der Waals surface area contributed by atoms with Crippen molar-refractivity contribution in [2.45, 2.75) is 45.1 Å². The fourth-order valence-electron chi connectivity index (χ4n) is 2.36. The third-order valence-corrected chi connectivity index (χ3v) is 3.85. The van der Waals surface area contributed by atoms with Crippen molar-refractivity contribution in [3.05, 3.63) is 71.8 Å². The molecule has 2 rings (SSSR count). The van der Waals surface area contributed by atoms with Crippen LogP contribution in [0.1, 0.15) is 24.5 Å². The Morgan fingerprint density at radius 2 is 1.44 bits per heavy atom. The zero-order valence-corrected chi connectivity index (χ0v) is 15.3. The molecule has 6 heteroatoms. The molecule has 0 unspecified atom stereocenters. The van der Waals surface area contributed by atoms with Crippen molar-refractivity contribution in [2.24, 2.45) is 0 Å². The van der Waals surface area contributed by atoms with Crippen molar-refractivity contribution in [3.63, 3.8) is 0 Å². The van der Waals surface area contributed by atoms with Gasteiger partial charge in [0.15, 0.2) is 6.29 Å². The molecule has 0 saturated carbocycles. The number of carbonyl (C=O) groups is 1. The number of carbonyl (C=O) groups excluding carboxylic acids is 1. The molecule has 5 nitrogen and oxygen atoms in total. The van der Waals surface area contributed by atoms with Crippen LogP contribution in [0.2, 0.25) is 0 Å². The molecule has 0 aliphatic carbocycles. The number of aliphatic hydroxyl groups excluding tert-OH is 1. The molecule has 0 heterocycles. The summed E-state index contributed by atoms with van der Waals surface area (Å²) in [7, 11) is 0. The van der Waals surface area contributed by atoms with Gasteiger partial charge in [-0.2, -0.15) is 0 Å². The van der Waals surface area contributed by atoms with Crippen LogP contribution < -0.4 is 0 Å². The van der Waals surface area contributed by atoms with Gasteiger partial charge in [0.2, 0.25) is 0 Å². The maximum atomic E-state index is 14.3. The van der Waals surface area contributed by atoms with Gasteiger partial charge in [0.1, 0.15) is 18.9 Å². The first-order valence-electron chi connectivity index (χ1n) is 8.81. The van der Waals surface area contributed by atoms with Crippen LogP contribution in [-0.2, 0) is 32.2 Å². The van der Waals surface area contributed by atoms with E-state index in [1.54, 1.807) is 0 Å². The molecule has 0 aromatic heterocycles. The van der Waals surface area contributed by atoms with E-state index in [9.17, 15) is 14.3 Å². The normalized spacial score (nSPS) is 13.3. The van der Waals surface area contributed by atoms with Crippen molar-refractivity contribution >= 4 is 5.97 Å². The summed E-state index contributed by atoms with van der Waals surface area (Å²) in [5, 5.41) is 9.82. The average molecular weight is 376 g/mol. The van der Waals surface area contributed by atoms with E-state index in [1.165, 1.54) is 6.92 Å². The van der Waals surface area contributed by atoms with Crippen LogP contribution in [0.3, 0.4) is 0 Å². The Labute approximate surface area is 158 Å². The maximum Gasteiger partial charge on any atom is 0.302 e. The van der Waals surface area contributed by atoms with E-state index in [-0.39, 0.29) is 19.6 Å². The van der Waals surface area contributed by atoms with E-state index >= 15 is 0 Å². The first-order valence-corrected chi connectivity index (χ1v) is 8.81. The highest BCUT2D eigenvalue weighted by Gasteiger charge is 2.25. The first kappa shape index (κ1) is 21.0. The van der Waals surface area contributed by atoms with E-state index in [4.69, 9.17) is 9.47 Å². The molecule has 2 aromatic carbocycles. The average Bonchev–Trinajstić information content (AvgIpc) is 2.69. The van der Waals surface area contributed by atoms with Gasteiger partial charge >= 0.3 is 5.97 Å². The third kappa shape index (κ3) is 8.30. The first-order chi connectivity index (χ1) is 13.0. The van der Waals surface area contributed by atoms with Gasteiger partial charge in [-0.3, -0.25) is 4.79 Å². The Hall–Kier alpha value is -2.28. The number of ether oxygens (including phenoxy) is 3. The molecular weight excluding hydrogens is 351 g/mol. The summed E-state index contributed by atoms with van der Waals surface area (Å²) in [5.74, 6) is -0.571. The van der Waals surface area contributed by atoms with Gasteiger partial charge in [-0.1, -0.05) is 60.7 Å². The van der Waals surface area contributed by atoms with Crippen LogP contribution >= 0.6 is 0 Å². The summed E-state index contributed by atoms with van der Waals surface area (Å²) >= 11 is 0. The van der Waals surface area contributed by atoms with Crippen molar-refractivity contribution < 1.29 is 28.5 Å². The van der Waals surface area contributed by atoms with Crippen LogP contribution in [0.15, 0.2) is 60.7 Å². The van der Waals surface area contributed by atoms with E-state index in [1.807, 2.05) is 60.7 Å². The van der Waals surface area contributed by atoms with Crippen LogP contribution in [0.5, 0.6) is 0 Å². The topological polar surface area (TPSA) is 65.0 Å². The number of hydrogen-bond donors (Lipinski definition) is 1. The minimum atomic E-state index is -1.65. The molecule has 0 fully saturated rings. The van der Waals surface area contributed by atoms with Crippen LogP contribution in [-0.4, -0.2) is 36.2 Å². The molecule has 2 aromatic rings. The molecular formula is C21H25FO5. The standard InChI is InChI=1S/C21H25FO5/c1-16(23)25-15-20(24)19(22)12-21(26-13-17-8-4-2-5-9-17)27-14-18-10-6-3-7-11-18/h2-11,19-21,24H,12-15H2,1H3/t19-,20+/m0/s1. The van der Waals surface area contributed by atoms with Crippen LogP contribution in [0, 0.1) is 0 Å². The van der Waals surface area contributed by atoms with Crippen LogP contribution in [0.25, 0.3) is 0 Å². The quantitative estimate of drug-likeness (QED) is 0.481. The number of esters is 1. The molecule has 2 atom stereocenters. The molecule has 0 amide bonds. The number of alkyl halides is 1. The molecule has 1 N–H and O–H groups in total. The van der Waals surface area contributed by atoms with Crippen molar-refractivity contribution in [2.75, 3.05) is 6.61 Å². The molecule has 146 valence electrons. The number of halogens is 1. The zero-order chi connectivity index (χ0) is 19.5. The molecule has 0 spiro atoms. The van der Waals surface area contributed by atoms with Gasteiger partial charge in [0.25, 0.3) is 0 Å². The highest BCUT2D eigenvalue weighted by Crippen LogP contribution is 2.16. The lowest BCUT2D eigenvalue weighted by atomic mass is 10.1. The number of hydrogen-bond acceptors (Lipinski definition) is 5. The zero-order valence-electron chi connectivity index (χ0n) is 15.3. The summed E-state index contributed by atoms with van der Waals surface area (Å²) in [5.41, 5.74) is 1.86. The molecule has 0 aliphatic rings. The predicted octanol–water partition coefficient (Wildman–Crippen LogP) is 3.40. The Balaban J connectivity index is 1.91.